The molecular formula is C19H27NO2Si. The van der Waals surface area contributed by atoms with Crippen molar-refractivity contribution in [1.29, 1.82) is 5.26 Å². The molecule has 0 aromatic heterocycles. The largest absolute Gasteiger partial charge is 0.547 e. The van der Waals surface area contributed by atoms with Gasteiger partial charge in [0.1, 0.15) is 5.78 Å². The van der Waals surface area contributed by atoms with Crippen molar-refractivity contribution in [1.82, 2.24) is 0 Å². The lowest BCUT2D eigenvalue weighted by Gasteiger charge is -2.43. The fourth-order valence-electron chi connectivity index (χ4n) is 6.87. The third-order valence-electron chi connectivity index (χ3n) is 7.32. The van der Waals surface area contributed by atoms with E-state index in [0.717, 1.165) is 32.1 Å². The number of nitrogens with zero attached hydrogens (tertiary/aromatic N) is 1. The van der Waals surface area contributed by atoms with Crippen LogP contribution in [0.5, 0.6) is 0 Å². The van der Waals surface area contributed by atoms with Crippen LogP contribution in [-0.4, -0.2) is 14.1 Å². The van der Waals surface area contributed by atoms with Crippen molar-refractivity contribution in [2.24, 2.45) is 28.6 Å². The van der Waals surface area contributed by atoms with Gasteiger partial charge in [0.15, 0.2) is 0 Å². The summed E-state index contributed by atoms with van der Waals surface area (Å²) in [6.45, 7) is 8.90. The maximum atomic E-state index is 13.2. The summed E-state index contributed by atoms with van der Waals surface area (Å²) in [5.74, 6) is 2.32. The lowest BCUT2D eigenvalue weighted by atomic mass is 9.57. The van der Waals surface area contributed by atoms with Gasteiger partial charge in [-0.2, -0.15) is 5.26 Å². The van der Waals surface area contributed by atoms with Crippen LogP contribution in [0, 0.1) is 39.9 Å². The summed E-state index contributed by atoms with van der Waals surface area (Å²) in [6.07, 6.45) is 5.79. The first kappa shape index (κ1) is 15.4. The Balaban J connectivity index is 1.87. The summed E-state index contributed by atoms with van der Waals surface area (Å²) in [5, 5.41) is 9.79. The molecule has 0 unspecified atom stereocenters. The fourth-order valence-corrected chi connectivity index (χ4v) is 7.85. The molecule has 3 nitrogen and oxygen atoms in total. The molecule has 4 aliphatic carbocycles. The van der Waals surface area contributed by atoms with E-state index in [2.05, 4.69) is 32.6 Å². The van der Waals surface area contributed by atoms with E-state index in [1.165, 1.54) is 11.3 Å². The molecule has 0 amide bonds. The van der Waals surface area contributed by atoms with E-state index in [-0.39, 0.29) is 16.7 Å². The molecule has 0 aliphatic heterocycles. The lowest BCUT2D eigenvalue weighted by molar-refractivity contribution is -0.131. The molecule has 0 heterocycles. The molecule has 4 rings (SSSR count). The SMILES string of the molecule is CC1=C(O[Si](C)(C)C)C[C@H]2CC(=O)[C@@]34[C@@H](CC[C@H]3C#N)CC[C@]124. The van der Waals surface area contributed by atoms with Gasteiger partial charge < -0.3 is 4.43 Å². The molecule has 124 valence electrons. The zero-order valence-electron chi connectivity index (χ0n) is 14.7. The molecule has 5 atom stereocenters. The standard InChI is InChI=1S/C19H27NO2Si/c1-12-16(22-23(2,3)4)9-15-10-17(21)19-13(5-6-14(19)11-20)7-8-18(12,15)19/h13-15H,5-10H2,1-4H3/t13-,14-,15-,18-,19+/m0/s1. The average Bonchev–Trinajstić information content (AvgIpc) is 3.10. The molecule has 4 heteroatoms. The lowest BCUT2D eigenvalue weighted by Crippen LogP contribution is -2.45. The van der Waals surface area contributed by atoms with E-state index < -0.39 is 8.32 Å². The van der Waals surface area contributed by atoms with Crippen molar-refractivity contribution in [3.05, 3.63) is 11.3 Å². The predicted molar refractivity (Wildman–Crippen MR) is 90.8 cm³/mol. The Morgan fingerprint density at radius 3 is 2.57 bits per heavy atom. The highest BCUT2D eigenvalue weighted by Gasteiger charge is 2.77. The highest BCUT2D eigenvalue weighted by atomic mass is 28.4. The van der Waals surface area contributed by atoms with Crippen molar-refractivity contribution in [3.63, 3.8) is 0 Å². The molecule has 4 aliphatic rings. The third kappa shape index (κ3) is 1.62. The number of rotatable bonds is 2. The highest BCUT2D eigenvalue weighted by molar-refractivity contribution is 6.70. The minimum absolute atomic E-state index is 0.0549. The van der Waals surface area contributed by atoms with Crippen LogP contribution in [0.3, 0.4) is 0 Å². The molecule has 3 fully saturated rings. The van der Waals surface area contributed by atoms with Gasteiger partial charge in [-0.3, -0.25) is 4.79 Å². The second-order valence-electron chi connectivity index (χ2n) is 9.13. The van der Waals surface area contributed by atoms with Crippen LogP contribution in [0.15, 0.2) is 11.3 Å². The van der Waals surface area contributed by atoms with Crippen LogP contribution in [0.25, 0.3) is 0 Å². The summed E-state index contributed by atoms with van der Waals surface area (Å²) >= 11 is 0. The van der Waals surface area contributed by atoms with E-state index in [0.29, 0.717) is 24.0 Å². The summed E-state index contributed by atoms with van der Waals surface area (Å²) in [5.41, 5.74) is 0.905. The highest BCUT2D eigenvalue weighted by Crippen LogP contribution is 2.78. The summed E-state index contributed by atoms with van der Waals surface area (Å²) < 4.78 is 6.42. The maximum absolute atomic E-state index is 13.2. The molecular weight excluding hydrogens is 302 g/mol. The van der Waals surface area contributed by atoms with Gasteiger partial charge in [-0.1, -0.05) is 0 Å². The van der Waals surface area contributed by atoms with E-state index in [4.69, 9.17) is 4.43 Å². The Hall–Kier alpha value is -1.08. The average molecular weight is 330 g/mol. The Kier molecular flexibility index (Phi) is 3.03. The first-order valence-electron chi connectivity index (χ1n) is 9.09. The first-order valence-corrected chi connectivity index (χ1v) is 12.5. The topological polar surface area (TPSA) is 50.1 Å². The van der Waals surface area contributed by atoms with Gasteiger partial charge in [0.05, 0.1) is 23.2 Å². The van der Waals surface area contributed by atoms with Gasteiger partial charge in [-0.25, -0.2) is 0 Å². The van der Waals surface area contributed by atoms with E-state index in [9.17, 15) is 10.1 Å². The normalized spacial score (nSPS) is 45.0. The van der Waals surface area contributed by atoms with Crippen molar-refractivity contribution in [2.45, 2.75) is 65.1 Å². The predicted octanol–water partition coefficient (Wildman–Crippen LogP) is 4.42. The molecule has 3 saturated carbocycles. The molecule has 0 saturated heterocycles. The number of Topliss-reactive ketones (excluding diaryl/α,β-unsaturated/α-hetero) is 1. The van der Waals surface area contributed by atoms with E-state index in [1.807, 2.05) is 0 Å². The fraction of sp³-hybridized carbons (Fsp3) is 0.789. The van der Waals surface area contributed by atoms with Crippen LogP contribution >= 0.6 is 0 Å². The van der Waals surface area contributed by atoms with Crippen molar-refractivity contribution >= 4 is 14.1 Å². The second kappa shape index (κ2) is 4.50. The number of hydrogen-bond acceptors (Lipinski definition) is 3. The van der Waals surface area contributed by atoms with Crippen molar-refractivity contribution in [2.75, 3.05) is 0 Å². The minimum atomic E-state index is -1.65. The monoisotopic (exact) mass is 329 g/mol. The Labute approximate surface area is 140 Å². The van der Waals surface area contributed by atoms with Crippen LogP contribution < -0.4 is 0 Å². The first-order chi connectivity index (χ1) is 10.8. The van der Waals surface area contributed by atoms with Crippen LogP contribution in [0.1, 0.15) is 45.4 Å². The summed E-state index contributed by atoms with van der Waals surface area (Å²) in [4.78, 5) is 13.2. The van der Waals surface area contributed by atoms with Gasteiger partial charge >= 0.3 is 0 Å². The number of hydrogen-bond donors (Lipinski definition) is 0. The molecule has 0 bridgehead atoms. The number of ketones is 1. The Morgan fingerprint density at radius 1 is 1.17 bits per heavy atom. The van der Waals surface area contributed by atoms with Gasteiger partial charge in [0.2, 0.25) is 8.32 Å². The zero-order chi connectivity index (χ0) is 16.6. The molecule has 0 radical (unpaired) electrons. The minimum Gasteiger partial charge on any atom is -0.547 e. The molecule has 23 heavy (non-hydrogen) atoms. The van der Waals surface area contributed by atoms with Gasteiger partial charge in [0, 0.05) is 18.3 Å². The Bertz CT molecular complexity index is 655. The van der Waals surface area contributed by atoms with Crippen LogP contribution in [0.2, 0.25) is 19.6 Å². The molecule has 0 aromatic rings. The van der Waals surface area contributed by atoms with Gasteiger partial charge in [0.25, 0.3) is 0 Å². The number of carbonyl (C=O) groups is 1. The van der Waals surface area contributed by atoms with Gasteiger partial charge in [-0.05, 0) is 69.7 Å². The van der Waals surface area contributed by atoms with Gasteiger partial charge in [-0.15, -0.1) is 0 Å². The number of carbonyl (C=O) groups excluding carboxylic acids is 1. The van der Waals surface area contributed by atoms with E-state index >= 15 is 0 Å². The molecule has 2 spiro atoms. The summed E-state index contributed by atoms with van der Waals surface area (Å²) in [7, 11) is -1.65. The molecule has 0 N–H and O–H groups in total. The summed E-state index contributed by atoms with van der Waals surface area (Å²) in [6, 6.07) is 2.54. The van der Waals surface area contributed by atoms with Crippen LogP contribution in [-0.2, 0) is 9.22 Å². The Morgan fingerprint density at radius 2 is 1.91 bits per heavy atom. The van der Waals surface area contributed by atoms with Crippen LogP contribution in [0.4, 0.5) is 0 Å². The van der Waals surface area contributed by atoms with Crippen molar-refractivity contribution < 1.29 is 9.22 Å². The van der Waals surface area contributed by atoms with E-state index in [1.54, 1.807) is 0 Å². The maximum Gasteiger partial charge on any atom is 0.241 e. The number of allylic oxidation sites excluding steroid dienone is 2. The third-order valence-corrected chi connectivity index (χ3v) is 8.18. The molecule has 0 aromatic carbocycles. The second-order valence-corrected chi connectivity index (χ2v) is 13.6. The number of nitriles is 1. The quantitative estimate of drug-likeness (QED) is 0.705. The van der Waals surface area contributed by atoms with Crippen molar-refractivity contribution in [3.8, 4) is 6.07 Å². The smallest absolute Gasteiger partial charge is 0.241 e. The zero-order valence-corrected chi connectivity index (χ0v) is 15.7.